The normalized spacial score (nSPS) is 12.3. The van der Waals surface area contributed by atoms with Gasteiger partial charge in [0.05, 0.1) is 6.33 Å². The van der Waals surface area contributed by atoms with Crippen molar-refractivity contribution < 1.29 is 4.39 Å². The highest BCUT2D eigenvalue weighted by Crippen LogP contribution is 2.38. The van der Waals surface area contributed by atoms with Gasteiger partial charge in [-0.3, -0.25) is 0 Å². The summed E-state index contributed by atoms with van der Waals surface area (Å²) < 4.78 is 17.5. The first-order valence-electron chi connectivity index (χ1n) is 6.48. The zero-order chi connectivity index (χ0) is 15.5. The molecular formula is C16H11Br2FN2S. The van der Waals surface area contributed by atoms with E-state index in [1.807, 2.05) is 35.0 Å². The molecule has 1 heterocycles. The molecule has 3 rings (SSSR count). The predicted octanol–water partition coefficient (Wildman–Crippen LogP) is 5.89. The van der Waals surface area contributed by atoms with Crippen molar-refractivity contribution in [1.29, 1.82) is 0 Å². The van der Waals surface area contributed by atoms with Crippen LogP contribution in [-0.4, -0.2) is 9.55 Å². The topological polar surface area (TPSA) is 17.8 Å². The third kappa shape index (κ3) is 3.62. The molecule has 22 heavy (non-hydrogen) atoms. The minimum Gasteiger partial charge on any atom is -0.320 e. The molecule has 1 unspecified atom stereocenters. The number of nitrogens with zero attached hydrogens (tertiary/aromatic N) is 2. The maximum absolute atomic E-state index is 13.6. The summed E-state index contributed by atoms with van der Waals surface area (Å²) in [5.74, 6) is -0.236. The SMILES string of the molecule is Fc1cccc(C(Sc2ccc(Br)c(Br)c2)n2ccnc2)c1. The van der Waals surface area contributed by atoms with Gasteiger partial charge in [-0.15, -0.1) is 0 Å². The highest BCUT2D eigenvalue weighted by Gasteiger charge is 2.16. The van der Waals surface area contributed by atoms with Gasteiger partial charge in [0.1, 0.15) is 11.2 Å². The molecule has 3 aromatic rings. The molecule has 0 amide bonds. The lowest BCUT2D eigenvalue weighted by Crippen LogP contribution is -2.05. The number of imidazole rings is 1. The fourth-order valence-corrected chi connectivity index (χ4v) is 3.94. The van der Waals surface area contributed by atoms with Crippen LogP contribution in [0.1, 0.15) is 10.9 Å². The summed E-state index contributed by atoms with van der Waals surface area (Å²) >= 11 is 8.62. The fraction of sp³-hybridized carbons (Fsp3) is 0.0625. The van der Waals surface area contributed by atoms with Crippen molar-refractivity contribution in [2.45, 2.75) is 10.3 Å². The summed E-state index contributed by atoms with van der Waals surface area (Å²) in [6.07, 6.45) is 5.36. The Morgan fingerprint density at radius 1 is 1.09 bits per heavy atom. The number of thioether (sulfide) groups is 1. The maximum atomic E-state index is 13.6. The Balaban J connectivity index is 1.97. The molecule has 0 bridgehead atoms. The van der Waals surface area contributed by atoms with Crippen molar-refractivity contribution in [3.8, 4) is 0 Å². The summed E-state index contributed by atoms with van der Waals surface area (Å²) in [4.78, 5) is 5.18. The second-order valence-electron chi connectivity index (χ2n) is 4.61. The van der Waals surface area contributed by atoms with Crippen LogP contribution < -0.4 is 0 Å². The van der Waals surface area contributed by atoms with Gasteiger partial charge in [0.2, 0.25) is 0 Å². The summed E-state index contributed by atoms with van der Waals surface area (Å²) in [5.41, 5.74) is 0.891. The van der Waals surface area contributed by atoms with Crippen LogP contribution in [0.3, 0.4) is 0 Å². The zero-order valence-electron chi connectivity index (χ0n) is 11.3. The summed E-state index contributed by atoms with van der Waals surface area (Å²) in [7, 11) is 0. The van der Waals surface area contributed by atoms with Crippen LogP contribution in [0.4, 0.5) is 4.39 Å². The number of benzene rings is 2. The quantitative estimate of drug-likeness (QED) is 0.470. The second kappa shape index (κ2) is 6.98. The van der Waals surface area contributed by atoms with Crippen molar-refractivity contribution in [2.24, 2.45) is 0 Å². The molecule has 1 atom stereocenters. The smallest absolute Gasteiger partial charge is 0.123 e. The number of hydrogen-bond donors (Lipinski definition) is 0. The van der Waals surface area contributed by atoms with E-state index in [1.165, 1.54) is 6.07 Å². The van der Waals surface area contributed by atoms with E-state index in [1.54, 1.807) is 36.4 Å². The number of rotatable bonds is 4. The third-order valence-corrected chi connectivity index (χ3v) is 6.21. The Morgan fingerprint density at radius 2 is 1.95 bits per heavy atom. The molecule has 6 heteroatoms. The van der Waals surface area contributed by atoms with E-state index >= 15 is 0 Å². The largest absolute Gasteiger partial charge is 0.320 e. The summed E-state index contributed by atoms with van der Waals surface area (Å²) in [5, 5.41) is -0.0775. The number of aromatic nitrogens is 2. The van der Waals surface area contributed by atoms with Crippen LogP contribution in [0.15, 0.2) is 75.0 Å². The highest BCUT2D eigenvalue weighted by molar-refractivity contribution is 9.13. The monoisotopic (exact) mass is 440 g/mol. The first kappa shape index (κ1) is 15.8. The molecule has 0 spiro atoms. The van der Waals surface area contributed by atoms with E-state index in [2.05, 4.69) is 36.8 Å². The van der Waals surface area contributed by atoms with Gasteiger partial charge in [-0.05, 0) is 67.8 Å². The van der Waals surface area contributed by atoms with Crippen LogP contribution in [0, 0.1) is 5.82 Å². The van der Waals surface area contributed by atoms with E-state index in [0.29, 0.717) is 0 Å². The standard InChI is InChI=1S/C16H11Br2FN2S/c17-14-5-4-13(9-15(14)18)22-16(21-7-6-20-10-21)11-2-1-3-12(19)8-11/h1-10,16H. The molecule has 2 nitrogen and oxygen atoms in total. The van der Waals surface area contributed by atoms with E-state index in [-0.39, 0.29) is 11.2 Å². The van der Waals surface area contributed by atoms with Crippen LogP contribution in [0.25, 0.3) is 0 Å². The van der Waals surface area contributed by atoms with Gasteiger partial charge >= 0.3 is 0 Å². The van der Waals surface area contributed by atoms with E-state index in [9.17, 15) is 4.39 Å². The molecule has 0 aliphatic rings. The molecule has 0 saturated heterocycles. The van der Waals surface area contributed by atoms with E-state index in [4.69, 9.17) is 0 Å². The van der Waals surface area contributed by atoms with Crippen molar-refractivity contribution in [1.82, 2.24) is 9.55 Å². The Morgan fingerprint density at radius 3 is 2.64 bits per heavy atom. The van der Waals surface area contributed by atoms with E-state index in [0.717, 1.165) is 19.4 Å². The Kier molecular flexibility index (Phi) is 5.00. The molecule has 2 aromatic carbocycles. The summed E-state index contributed by atoms with van der Waals surface area (Å²) in [6.45, 7) is 0. The van der Waals surface area contributed by atoms with Crippen LogP contribution in [0.2, 0.25) is 0 Å². The van der Waals surface area contributed by atoms with Gasteiger partial charge in [-0.25, -0.2) is 9.37 Å². The average molecular weight is 442 g/mol. The van der Waals surface area contributed by atoms with Gasteiger partial charge in [-0.2, -0.15) is 0 Å². The minimum atomic E-state index is -0.236. The molecule has 0 N–H and O–H groups in total. The highest BCUT2D eigenvalue weighted by atomic mass is 79.9. The molecule has 112 valence electrons. The molecule has 0 aliphatic heterocycles. The van der Waals surface area contributed by atoms with Gasteiger partial charge in [0, 0.05) is 26.2 Å². The molecule has 0 fully saturated rings. The Hall–Kier alpha value is -1.11. The van der Waals surface area contributed by atoms with Crippen molar-refractivity contribution in [3.05, 3.63) is 81.5 Å². The number of halogens is 3. The predicted molar refractivity (Wildman–Crippen MR) is 94.5 cm³/mol. The minimum absolute atomic E-state index is 0.0775. The van der Waals surface area contributed by atoms with Crippen LogP contribution >= 0.6 is 43.6 Å². The molecule has 1 aromatic heterocycles. The molecule has 0 saturated carbocycles. The lowest BCUT2D eigenvalue weighted by Gasteiger charge is -2.19. The van der Waals surface area contributed by atoms with Crippen molar-refractivity contribution in [2.75, 3.05) is 0 Å². The van der Waals surface area contributed by atoms with Crippen LogP contribution in [0.5, 0.6) is 0 Å². The maximum Gasteiger partial charge on any atom is 0.123 e. The Labute approximate surface area is 149 Å². The van der Waals surface area contributed by atoms with Gasteiger partial charge in [0.15, 0.2) is 0 Å². The second-order valence-corrected chi connectivity index (χ2v) is 7.47. The fourth-order valence-electron chi connectivity index (χ4n) is 2.05. The Bertz CT molecular complexity index is 778. The summed E-state index contributed by atoms with van der Waals surface area (Å²) in [6, 6.07) is 12.7. The van der Waals surface area contributed by atoms with Gasteiger partial charge in [0.25, 0.3) is 0 Å². The third-order valence-electron chi connectivity index (χ3n) is 3.07. The van der Waals surface area contributed by atoms with Crippen molar-refractivity contribution >= 4 is 43.6 Å². The lowest BCUT2D eigenvalue weighted by atomic mass is 10.2. The van der Waals surface area contributed by atoms with E-state index < -0.39 is 0 Å². The molecule has 0 radical (unpaired) electrons. The number of hydrogen-bond acceptors (Lipinski definition) is 2. The molecule has 0 aliphatic carbocycles. The zero-order valence-corrected chi connectivity index (χ0v) is 15.3. The van der Waals surface area contributed by atoms with Gasteiger partial charge in [-0.1, -0.05) is 23.9 Å². The van der Waals surface area contributed by atoms with Crippen LogP contribution in [-0.2, 0) is 0 Å². The average Bonchev–Trinajstić information content (AvgIpc) is 3.02. The first-order valence-corrected chi connectivity index (χ1v) is 8.94. The molecular weight excluding hydrogens is 431 g/mol. The van der Waals surface area contributed by atoms with Gasteiger partial charge < -0.3 is 4.57 Å². The lowest BCUT2D eigenvalue weighted by molar-refractivity contribution is 0.623. The first-order chi connectivity index (χ1) is 10.6. The van der Waals surface area contributed by atoms with Crippen molar-refractivity contribution in [3.63, 3.8) is 0 Å².